The Morgan fingerprint density at radius 2 is 2.00 bits per heavy atom. The third-order valence-electron chi connectivity index (χ3n) is 6.21. The van der Waals surface area contributed by atoms with E-state index in [9.17, 15) is 4.79 Å². The fraction of sp³-hybridized carbons (Fsp3) is 0.722. The zero-order valence-electron chi connectivity index (χ0n) is 14.2. The average molecular weight is 329 g/mol. The Morgan fingerprint density at radius 1 is 1.17 bits per heavy atom. The van der Waals surface area contributed by atoms with Gasteiger partial charge in [-0.1, -0.05) is 0 Å². The summed E-state index contributed by atoms with van der Waals surface area (Å²) in [4.78, 5) is 25.7. The lowest BCUT2D eigenvalue weighted by Gasteiger charge is -2.37. The summed E-state index contributed by atoms with van der Waals surface area (Å²) in [7, 11) is 0. The summed E-state index contributed by atoms with van der Waals surface area (Å²) in [6.07, 6.45) is 9.43. The van der Waals surface area contributed by atoms with Crippen LogP contribution in [0.15, 0.2) is 18.6 Å². The summed E-state index contributed by atoms with van der Waals surface area (Å²) >= 11 is 0. The van der Waals surface area contributed by atoms with Gasteiger partial charge in [-0.2, -0.15) is 0 Å². The molecule has 3 fully saturated rings. The number of rotatable bonds is 4. The third-order valence-corrected chi connectivity index (χ3v) is 6.21. The second-order valence-corrected chi connectivity index (χ2v) is 7.61. The first-order valence-corrected chi connectivity index (χ1v) is 9.22. The van der Waals surface area contributed by atoms with E-state index in [0.717, 1.165) is 70.0 Å². The lowest BCUT2D eigenvalue weighted by molar-refractivity contribution is -0.137. The van der Waals surface area contributed by atoms with Gasteiger partial charge >= 0.3 is 0 Å². The van der Waals surface area contributed by atoms with Crippen LogP contribution in [0.1, 0.15) is 25.0 Å². The van der Waals surface area contributed by atoms with Crippen molar-refractivity contribution in [3.63, 3.8) is 0 Å². The number of nitrogens with zero attached hydrogens (tertiary/aromatic N) is 4. The Bertz CT molecular complexity index is 572. The van der Waals surface area contributed by atoms with Crippen molar-refractivity contribution in [2.45, 2.75) is 31.7 Å². The molecule has 2 heterocycles. The van der Waals surface area contributed by atoms with Gasteiger partial charge in [-0.05, 0) is 31.1 Å². The molecule has 1 saturated heterocycles. The van der Waals surface area contributed by atoms with Gasteiger partial charge in [0, 0.05) is 69.7 Å². The Morgan fingerprint density at radius 3 is 2.67 bits per heavy atom. The lowest BCUT2D eigenvalue weighted by atomic mass is 9.72. The average Bonchev–Trinajstić information content (AvgIpc) is 2.98. The first-order chi connectivity index (χ1) is 11.7. The van der Waals surface area contributed by atoms with Crippen molar-refractivity contribution in [3.05, 3.63) is 24.3 Å². The molecule has 130 valence electrons. The van der Waals surface area contributed by atoms with Crippen molar-refractivity contribution in [2.24, 2.45) is 23.5 Å². The molecular weight excluding hydrogens is 302 g/mol. The molecule has 1 aromatic rings. The Labute approximate surface area is 143 Å². The molecule has 2 N–H and O–H groups in total. The predicted molar refractivity (Wildman–Crippen MR) is 91.1 cm³/mol. The molecule has 0 bridgehead atoms. The fourth-order valence-corrected chi connectivity index (χ4v) is 4.66. The normalized spacial score (nSPS) is 33.1. The van der Waals surface area contributed by atoms with Crippen LogP contribution >= 0.6 is 0 Å². The highest BCUT2D eigenvalue weighted by Crippen LogP contribution is 2.49. The van der Waals surface area contributed by atoms with Crippen LogP contribution in [0, 0.1) is 17.8 Å². The highest BCUT2D eigenvalue weighted by atomic mass is 16.2. The standard InChI is InChI=1S/C18H27N5O/c19-17-11-13-9-14(10-16(13)17)18(24)23-7-5-22(6-8-23)4-1-15-12-20-2-3-21-15/h2-3,12-14,16-17H,1,4-11,19H2. The molecule has 4 unspecified atom stereocenters. The van der Waals surface area contributed by atoms with Gasteiger partial charge in [0.2, 0.25) is 5.91 Å². The third kappa shape index (κ3) is 3.17. The molecule has 0 radical (unpaired) electrons. The first-order valence-electron chi connectivity index (χ1n) is 9.22. The summed E-state index contributed by atoms with van der Waals surface area (Å²) in [5, 5.41) is 0. The van der Waals surface area contributed by atoms with Crippen molar-refractivity contribution in [3.8, 4) is 0 Å². The Hall–Kier alpha value is -1.53. The van der Waals surface area contributed by atoms with Crippen LogP contribution in [0.3, 0.4) is 0 Å². The van der Waals surface area contributed by atoms with Crippen LogP contribution in [0.5, 0.6) is 0 Å². The SMILES string of the molecule is NC1CC2CC(C(=O)N3CCN(CCc4cnccn4)CC3)CC12. The molecule has 0 aromatic carbocycles. The van der Waals surface area contributed by atoms with Crippen LogP contribution in [0.25, 0.3) is 0 Å². The number of hydrogen-bond acceptors (Lipinski definition) is 5. The fourth-order valence-electron chi connectivity index (χ4n) is 4.66. The second kappa shape index (κ2) is 6.76. The summed E-state index contributed by atoms with van der Waals surface area (Å²) in [6.45, 7) is 4.63. The van der Waals surface area contributed by atoms with Crippen molar-refractivity contribution in [1.29, 1.82) is 0 Å². The number of fused-ring (bicyclic) bond motifs is 1. The first kappa shape index (κ1) is 16.0. The molecule has 4 atom stereocenters. The number of aromatic nitrogens is 2. The van der Waals surface area contributed by atoms with Gasteiger partial charge in [-0.3, -0.25) is 19.7 Å². The summed E-state index contributed by atoms with van der Waals surface area (Å²) < 4.78 is 0. The van der Waals surface area contributed by atoms with Crippen LogP contribution < -0.4 is 5.73 Å². The summed E-state index contributed by atoms with van der Waals surface area (Å²) in [6, 6.07) is 0.353. The number of hydrogen-bond donors (Lipinski definition) is 1. The molecule has 6 heteroatoms. The van der Waals surface area contributed by atoms with Gasteiger partial charge in [0.25, 0.3) is 0 Å². The van der Waals surface area contributed by atoms with E-state index in [0.29, 0.717) is 17.9 Å². The number of carbonyl (C=O) groups excluding carboxylic acids is 1. The van der Waals surface area contributed by atoms with Crippen LogP contribution in [-0.4, -0.2) is 64.4 Å². The van der Waals surface area contributed by atoms with Gasteiger partial charge < -0.3 is 10.6 Å². The number of piperazine rings is 1. The largest absolute Gasteiger partial charge is 0.340 e. The minimum absolute atomic E-state index is 0.236. The maximum atomic E-state index is 12.8. The van der Waals surface area contributed by atoms with Crippen molar-refractivity contribution < 1.29 is 4.79 Å². The lowest BCUT2D eigenvalue weighted by Crippen LogP contribution is -2.50. The summed E-state index contributed by atoms with van der Waals surface area (Å²) in [5.41, 5.74) is 7.10. The van der Waals surface area contributed by atoms with Gasteiger partial charge in [0.15, 0.2) is 0 Å². The molecule has 2 saturated carbocycles. The van der Waals surface area contributed by atoms with E-state index < -0.39 is 0 Å². The van der Waals surface area contributed by atoms with E-state index in [1.165, 1.54) is 0 Å². The molecule has 1 aliphatic heterocycles. The molecule has 24 heavy (non-hydrogen) atoms. The summed E-state index contributed by atoms with van der Waals surface area (Å²) in [5.74, 6) is 1.96. The van der Waals surface area contributed by atoms with Gasteiger partial charge in [0.1, 0.15) is 0 Å². The minimum Gasteiger partial charge on any atom is -0.340 e. The molecule has 4 rings (SSSR count). The maximum Gasteiger partial charge on any atom is 0.225 e. The topological polar surface area (TPSA) is 75.4 Å². The quantitative estimate of drug-likeness (QED) is 0.872. The van der Waals surface area contributed by atoms with Gasteiger partial charge in [-0.15, -0.1) is 0 Å². The number of nitrogens with two attached hydrogens (primary N) is 1. The Balaban J connectivity index is 1.22. The van der Waals surface area contributed by atoms with Crippen molar-refractivity contribution in [1.82, 2.24) is 19.8 Å². The molecule has 6 nitrogen and oxygen atoms in total. The molecule has 2 aliphatic carbocycles. The van der Waals surface area contributed by atoms with Crippen LogP contribution in [-0.2, 0) is 11.2 Å². The predicted octanol–water partition coefficient (Wildman–Crippen LogP) is 0.537. The van der Waals surface area contributed by atoms with Crippen molar-refractivity contribution in [2.75, 3.05) is 32.7 Å². The molecule has 0 spiro atoms. The maximum absolute atomic E-state index is 12.8. The molecule has 1 amide bonds. The van der Waals surface area contributed by atoms with E-state index in [2.05, 4.69) is 19.8 Å². The number of amides is 1. The molecule has 3 aliphatic rings. The number of carbonyl (C=O) groups is 1. The van der Waals surface area contributed by atoms with E-state index in [1.807, 2.05) is 6.20 Å². The van der Waals surface area contributed by atoms with E-state index in [-0.39, 0.29) is 5.92 Å². The van der Waals surface area contributed by atoms with Crippen LogP contribution in [0.4, 0.5) is 0 Å². The van der Waals surface area contributed by atoms with Gasteiger partial charge in [0.05, 0.1) is 5.69 Å². The zero-order chi connectivity index (χ0) is 16.5. The van der Waals surface area contributed by atoms with Crippen molar-refractivity contribution >= 4 is 5.91 Å². The highest BCUT2D eigenvalue weighted by Gasteiger charge is 2.48. The zero-order valence-corrected chi connectivity index (χ0v) is 14.2. The molecular formula is C18H27N5O. The van der Waals surface area contributed by atoms with E-state index >= 15 is 0 Å². The van der Waals surface area contributed by atoms with Crippen LogP contribution in [0.2, 0.25) is 0 Å². The molecule has 1 aromatic heterocycles. The van der Waals surface area contributed by atoms with E-state index in [4.69, 9.17) is 5.73 Å². The highest BCUT2D eigenvalue weighted by molar-refractivity contribution is 5.79. The minimum atomic E-state index is 0.236. The monoisotopic (exact) mass is 329 g/mol. The second-order valence-electron chi connectivity index (χ2n) is 7.61. The van der Waals surface area contributed by atoms with Gasteiger partial charge in [-0.25, -0.2) is 0 Å². The van der Waals surface area contributed by atoms with E-state index in [1.54, 1.807) is 12.4 Å². The smallest absolute Gasteiger partial charge is 0.225 e. The Kier molecular flexibility index (Phi) is 4.50.